The van der Waals surface area contributed by atoms with E-state index in [0.717, 1.165) is 25.9 Å². The lowest BCUT2D eigenvalue weighted by Crippen LogP contribution is -2.18. The van der Waals surface area contributed by atoms with Crippen molar-refractivity contribution >= 4 is 23.2 Å². The lowest BCUT2D eigenvalue weighted by Gasteiger charge is -2.23. The molecule has 0 atom stereocenters. The molecule has 1 N–H and O–H groups in total. The Morgan fingerprint density at radius 2 is 1.57 bits per heavy atom. The third-order valence-corrected chi connectivity index (χ3v) is 5.26. The topological polar surface area (TPSA) is 12.0 Å². The van der Waals surface area contributed by atoms with Gasteiger partial charge in [0.15, 0.2) is 0 Å². The van der Waals surface area contributed by atoms with Crippen LogP contribution in [0, 0.1) is 0 Å². The summed E-state index contributed by atoms with van der Waals surface area (Å²) in [6, 6.07) is 14.8. The zero-order valence-corrected chi connectivity index (χ0v) is 15.6. The smallest absolute Gasteiger partial charge is 0.0595 e. The lowest BCUT2D eigenvalue weighted by atomic mass is 9.82. The molecule has 23 heavy (non-hydrogen) atoms. The highest BCUT2D eigenvalue weighted by molar-refractivity contribution is 6.42. The maximum absolute atomic E-state index is 6.03. The van der Waals surface area contributed by atoms with Crippen molar-refractivity contribution in [3.63, 3.8) is 0 Å². The molecule has 2 aromatic carbocycles. The van der Waals surface area contributed by atoms with Crippen LogP contribution in [0.1, 0.15) is 43.9 Å². The van der Waals surface area contributed by atoms with Gasteiger partial charge >= 0.3 is 0 Å². The first-order valence-corrected chi connectivity index (χ1v) is 8.92. The van der Waals surface area contributed by atoms with Gasteiger partial charge < -0.3 is 5.32 Å². The summed E-state index contributed by atoms with van der Waals surface area (Å²) in [6.07, 6.45) is 2.09. The quantitative estimate of drug-likeness (QED) is 0.603. The van der Waals surface area contributed by atoms with Gasteiger partial charge in [-0.1, -0.05) is 74.3 Å². The fourth-order valence-electron chi connectivity index (χ4n) is 2.44. The first-order chi connectivity index (χ1) is 10.9. The van der Waals surface area contributed by atoms with Crippen molar-refractivity contribution in [3.8, 4) is 0 Å². The molecule has 0 radical (unpaired) electrons. The second kappa shape index (κ2) is 8.19. The van der Waals surface area contributed by atoms with Crippen molar-refractivity contribution in [3.05, 3.63) is 69.2 Å². The third-order valence-electron chi connectivity index (χ3n) is 4.52. The summed E-state index contributed by atoms with van der Waals surface area (Å²) >= 11 is 12.0. The molecule has 0 aliphatic carbocycles. The molecule has 2 rings (SSSR count). The van der Waals surface area contributed by atoms with Gasteiger partial charge in [-0.05, 0) is 53.6 Å². The lowest BCUT2D eigenvalue weighted by molar-refractivity contribution is 0.506. The van der Waals surface area contributed by atoms with Crippen LogP contribution >= 0.6 is 23.2 Å². The average Bonchev–Trinajstić information content (AvgIpc) is 2.55. The van der Waals surface area contributed by atoms with Crippen molar-refractivity contribution < 1.29 is 0 Å². The maximum atomic E-state index is 6.03. The molecule has 0 saturated carbocycles. The molecule has 0 unspecified atom stereocenters. The van der Waals surface area contributed by atoms with E-state index >= 15 is 0 Å². The normalized spacial score (nSPS) is 11.7. The van der Waals surface area contributed by atoms with Crippen molar-refractivity contribution in [2.24, 2.45) is 0 Å². The summed E-state index contributed by atoms with van der Waals surface area (Å²) in [4.78, 5) is 0. The second-order valence-corrected chi connectivity index (χ2v) is 7.42. The van der Waals surface area contributed by atoms with Gasteiger partial charge in [-0.3, -0.25) is 0 Å². The zero-order valence-electron chi connectivity index (χ0n) is 14.1. The summed E-state index contributed by atoms with van der Waals surface area (Å²) in [5.41, 5.74) is 4.17. The van der Waals surface area contributed by atoms with E-state index in [4.69, 9.17) is 23.2 Å². The SMILES string of the molecule is CCC(C)(C)c1ccc(CNCCc2ccc(Cl)c(Cl)c2)cc1. The van der Waals surface area contributed by atoms with Crippen LogP contribution in [0.3, 0.4) is 0 Å². The molecule has 0 aliphatic rings. The van der Waals surface area contributed by atoms with Gasteiger partial charge in [0.2, 0.25) is 0 Å². The molecule has 0 spiro atoms. The van der Waals surface area contributed by atoms with Crippen LogP contribution in [-0.4, -0.2) is 6.54 Å². The van der Waals surface area contributed by atoms with Crippen LogP contribution in [0.25, 0.3) is 0 Å². The van der Waals surface area contributed by atoms with Crippen LogP contribution in [0.4, 0.5) is 0 Å². The standard InChI is InChI=1S/C20H25Cl2N/c1-4-20(2,3)17-8-5-16(6-9-17)14-23-12-11-15-7-10-18(21)19(22)13-15/h5-10,13,23H,4,11-12,14H2,1-3H3. The number of hydrogen-bond acceptors (Lipinski definition) is 1. The number of rotatable bonds is 7. The van der Waals surface area contributed by atoms with Gasteiger partial charge in [-0.25, -0.2) is 0 Å². The number of halogens is 2. The summed E-state index contributed by atoms with van der Waals surface area (Å²) < 4.78 is 0. The van der Waals surface area contributed by atoms with E-state index in [1.54, 1.807) is 0 Å². The molecular weight excluding hydrogens is 325 g/mol. The molecule has 0 amide bonds. The van der Waals surface area contributed by atoms with Crippen LogP contribution in [-0.2, 0) is 18.4 Å². The second-order valence-electron chi connectivity index (χ2n) is 6.61. The predicted molar refractivity (Wildman–Crippen MR) is 102 cm³/mol. The van der Waals surface area contributed by atoms with Crippen molar-refractivity contribution in [1.82, 2.24) is 5.32 Å². The largest absolute Gasteiger partial charge is 0.312 e. The molecule has 0 saturated heterocycles. The highest BCUT2D eigenvalue weighted by Crippen LogP contribution is 2.26. The van der Waals surface area contributed by atoms with E-state index in [1.807, 2.05) is 18.2 Å². The molecule has 0 aliphatic heterocycles. The fraction of sp³-hybridized carbons (Fsp3) is 0.400. The minimum Gasteiger partial charge on any atom is -0.312 e. The first-order valence-electron chi connectivity index (χ1n) is 8.16. The van der Waals surface area contributed by atoms with Gasteiger partial charge in [-0.15, -0.1) is 0 Å². The van der Waals surface area contributed by atoms with Crippen LogP contribution in [0.15, 0.2) is 42.5 Å². The Kier molecular flexibility index (Phi) is 6.52. The first kappa shape index (κ1) is 18.3. The zero-order chi connectivity index (χ0) is 16.9. The van der Waals surface area contributed by atoms with Gasteiger partial charge in [-0.2, -0.15) is 0 Å². The molecule has 0 heterocycles. The molecule has 0 fully saturated rings. The highest BCUT2D eigenvalue weighted by atomic mass is 35.5. The molecular formula is C20H25Cl2N. The Bertz CT molecular complexity index is 633. The predicted octanol–water partition coefficient (Wildman–Crippen LogP) is 6.01. The monoisotopic (exact) mass is 349 g/mol. The van der Waals surface area contributed by atoms with Crippen molar-refractivity contribution in [2.45, 2.75) is 45.6 Å². The highest BCUT2D eigenvalue weighted by Gasteiger charge is 2.17. The number of hydrogen-bond donors (Lipinski definition) is 1. The van der Waals surface area contributed by atoms with E-state index in [9.17, 15) is 0 Å². The van der Waals surface area contributed by atoms with Gasteiger partial charge in [0.25, 0.3) is 0 Å². The minimum absolute atomic E-state index is 0.250. The van der Waals surface area contributed by atoms with Gasteiger partial charge in [0, 0.05) is 6.54 Å². The van der Waals surface area contributed by atoms with Gasteiger partial charge in [0.05, 0.1) is 10.0 Å². The fourth-order valence-corrected chi connectivity index (χ4v) is 2.76. The van der Waals surface area contributed by atoms with E-state index < -0.39 is 0 Å². The molecule has 124 valence electrons. The number of nitrogens with one attached hydrogen (secondary N) is 1. The molecule has 3 heteroatoms. The average molecular weight is 350 g/mol. The molecule has 0 aromatic heterocycles. The van der Waals surface area contributed by atoms with E-state index in [1.165, 1.54) is 16.7 Å². The summed E-state index contributed by atoms with van der Waals surface area (Å²) in [5, 5.41) is 4.71. The Balaban J connectivity index is 1.81. The van der Waals surface area contributed by atoms with Crippen LogP contribution in [0.2, 0.25) is 10.0 Å². The van der Waals surface area contributed by atoms with Crippen molar-refractivity contribution in [2.75, 3.05) is 6.54 Å². The molecule has 0 bridgehead atoms. The van der Waals surface area contributed by atoms with Gasteiger partial charge in [0.1, 0.15) is 0 Å². The Morgan fingerprint density at radius 1 is 0.913 bits per heavy atom. The van der Waals surface area contributed by atoms with Crippen molar-refractivity contribution in [1.29, 1.82) is 0 Å². The maximum Gasteiger partial charge on any atom is 0.0595 e. The molecule has 2 aromatic rings. The van der Waals surface area contributed by atoms with E-state index in [0.29, 0.717) is 10.0 Å². The minimum atomic E-state index is 0.250. The summed E-state index contributed by atoms with van der Waals surface area (Å²) in [6.45, 7) is 8.61. The Morgan fingerprint density at radius 3 is 2.17 bits per heavy atom. The number of benzene rings is 2. The van der Waals surface area contributed by atoms with Crippen LogP contribution in [0.5, 0.6) is 0 Å². The van der Waals surface area contributed by atoms with E-state index in [2.05, 4.69) is 50.4 Å². The Labute approximate surface area is 150 Å². The van der Waals surface area contributed by atoms with Crippen LogP contribution < -0.4 is 5.32 Å². The summed E-state index contributed by atoms with van der Waals surface area (Å²) in [7, 11) is 0. The molecule has 1 nitrogen and oxygen atoms in total. The van der Waals surface area contributed by atoms with E-state index in [-0.39, 0.29) is 5.41 Å². The third kappa shape index (κ3) is 5.24. The Hall–Kier alpha value is -1.02. The summed E-state index contributed by atoms with van der Waals surface area (Å²) in [5.74, 6) is 0.